The lowest BCUT2D eigenvalue weighted by atomic mass is 9.87. The summed E-state index contributed by atoms with van der Waals surface area (Å²) >= 11 is 5.18. The largest absolute Gasteiger partial charge is 0.507 e. The van der Waals surface area contributed by atoms with Crippen LogP contribution in [0.4, 0.5) is 5.69 Å². The maximum absolute atomic E-state index is 13.0. The van der Waals surface area contributed by atoms with Crippen LogP contribution < -0.4 is 4.90 Å². The lowest BCUT2D eigenvalue weighted by Crippen LogP contribution is -2.44. The molecule has 154 valence electrons. The number of benzene rings is 1. The SMILES string of the molecule is CC1=C(C#N)C(=S)N(CC(=O)O)C(=O)/C1=C\c1cc2c3c(c1O)CCCN3CCC2. The summed E-state index contributed by atoms with van der Waals surface area (Å²) in [5.74, 6) is -1.65. The van der Waals surface area contributed by atoms with Crippen molar-refractivity contribution in [3.63, 3.8) is 0 Å². The van der Waals surface area contributed by atoms with Crippen LogP contribution in [0.5, 0.6) is 5.75 Å². The van der Waals surface area contributed by atoms with Crippen molar-refractivity contribution in [1.29, 1.82) is 5.26 Å². The van der Waals surface area contributed by atoms with Crippen LogP contribution in [0.3, 0.4) is 0 Å². The summed E-state index contributed by atoms with van der Waals surface area (Å²) in [4.78, 5) is 27.4. The summed E-state index contributed by atoms with van der Waals surface area (Å²) in [6.45, 7) is 2.96. The second-order valence-electron chi connectivity index (χ2n) is 7.75. The third kappa shape index (κ3) is 3.15. The number of hydrogen-bond donors (Lipinski definition) is 2. The van der Waals surface area contributed by atoms with Crippen molar-refractivity contribution in [3.05, 3.63) is 39.5 Å². The predicted molar refractivity (Wildman–Crippen MR) is 115 cm³/mol. The molecule has 7 nitrogen and oxygen atoms in total. The molecule has 3 aliphatic heterocycles. The highest BCUT2D eigenvalue weighted by molar-refractivity contribution is 7.80. The van der Waals surface area contributed by atoms with Crippen molar-refractivity contribution >= 4 is 40.8 Å². The van der Waals surface area contributed by atoms with Gasteiger partial charge in [0.15, 0.2) is 0 Å². The van der Waals surface area contributed by atoms with E-state index in [1.807, 2.05) is 12.1 Å². The van der Waals surface area contributed by atoms with Crippen molar-refractivity contribution < 1.29 is 19.8 Å². The minimum Gasteiger partial charge on any atom is -0.507 e. The van der Waals surface area contributed by atoms with Crippen molar-refractivity contribution in [2.24, 2.45) is 0 Å². The first-order valence-electron chi connectivity index (χ1n) is 9.87. The van der Waals surface area contributed by atoms with Crippen LogP contribution in [0.25, 0.3) is 6.08 Å². The normalized spacial score (nSPS) is 19.8. The second kappa shape index (κ2) is 7.58. The van der Waals surface area contributed by atoms with Gasteiger partial charge in [0.1, 0.15) is 23.4 Å². The molecule has 4 rings (SSSR count). The summed E-state index contributed by atoms with van der Waals surface area (Å²) < 4.78 is 0. The smallest absolute Gasteiger partial charge is 0.323 e. The van der Waals surface area contributed by atoms with Crippen LogP contribution >= 0.6 is 12.2 Å². The fourth-order valence-electron chi connectivity index (χ4n) is 4.54. The molecule has 0 unspecified atom stereocenters. The van der Waals surface area contributed by atoms with E-state index in [0.29, 0.717) is 11.1 Å². The van der Waals surface area contributed by atoms with Gasteiger partial charge in [-0.25, -0.2) is 0 Å². The summed E-state index contributed by atoms with van der Waals surface area (Å²) in [5.41, 5.74) is 4.32. The van der Waals surface area contributed by atoms with E-state index in [-0.39, 0.29) is 21.9 Å². The Labute approximate surface area is 179 Å². The number of nitrogens with zero attached hydrogens (tertiary/aromatic N) is 3. The molecule has 30 heavy (non-hydrogen) atoms. The molecule has 1 aromatic carbocycles. The monoisotopic (exact) mass is 423 g/mol. The Bertz CT molecular complexity index is 1090. The van der Waals surface area contributed by atoms with E-state index in [9.17, 15) is 20.0 Å². The van der Waals surface area contributed by atoms with Gasteiger partial charge >= 0.3 is 5.97 Å². The average molecular weight is 423 g/mol. The molecule has 0 bridgehead atoms. The van der Waals surface area contributed by atoms with Gasteiger partial charge in [0.2, 0.25) is 0 Å². The van der Waals surface area contributed by atoms with Gasteiger partial charge in [-0.2, -0.15) is 5.26 Å². The zero-order valence-electron chi connectivity index (χ0n) is 16.6. The molecule has 0 atom stereocenters. The van der Waals surface area contributed by atoms with Gasteiger partial charge in [-0.15, -0.1) is 0 Å². The summed E-state index contributed by atoms with van der Waals surface area (Å²) in [7, 11) is 0. The van der Waals surface area contributed by atoms with Crippen LogP contribution in [-0.2, 0) is 22.4 Å². The number of anilines is 1. The molecular weight excluding hydrogens is 402 g/mol. The number of carboxylic acid groups (broad SMARTS) is 1. The maximum Gasteiger partial charge on any atom is 0.323 e. The van der Waals surface area contributed by atoms with E-state index in [4.69, 9.17) is 17.3 Å². The highest BCUT2D eigenvalue weighted by atomic mass is 32.1. The fraction of sp³-hybridized carbons (Fsp3) is 0.364. The van der Waals surface area contributed by atoms with E-state index in [1.165, 1.54) is 0 Å². The Kier molecular flexibility index (Phi) is 5.08. The lowest BCUT2D eigenvalue weighted by Gasteiger charge is -2.37. The summed E-state index contributed by atoms with van der Waals surface area (Å²) in [6.07, 6.45) is 5.21. The van der Waals surface area contributed by atoms with Gasteiger partial charge in [0.25, 0.3) is 5.91 Å². The van der Waals surface area contributed by atoms with Crippen LogP contribution in [0.15, 0.2) is 22.8 Å². The molecule has 0 fully saturated rings. The Balaban J connectivity index is 1.87. The van der Waals surface area contributed by atoms with Crippen LogP contribution in [0.2, 0.25) is 0 Å². The number of aliphatic carboxylic acids is 1. The van der Waals surface area contributed by atoms with Gasteiger partial charge in [-0.3, -0.25) is 14.5 Å². The molecular formula is C22H21N3O4S. The number of thiocarbonyl (C=S) groups is 1. The lowest BCUT2D eigenvalue weighted by molar-refractivity contribution is -0.140. The van der Waals surface area contributed by atoms with E-state index in [0.717, 1.165) is 60.5 Å². The molecule has 1 amide bonds. The first-order chi connectivity index (χ1) is 14.3. The second-order valence-corrected chi connectivity index (χ2v) is 8.14. The van der Waals surface area contributed by atoms with Gasteiger partial charge in [-0.05, 0) is 55.9 Å². The Morgan fingerprint density at radius 1 is 1.33 bits per heavy atom. The number of amides is 1. The first-order valence-corrected chi connectivity index (χ1v) is 10.3. The molecule has 0 aromatic heterocycles. The number of phenolic OH excluding ortho intramolecular Hbond substituents is 1. The minimum atomic E-state index is -1.22. The molecule has 0 saturated heterocycles. The molecule has 3 heterocycles. The predicted octanol–water partition coefficient (Wildman–Crippen LogP) is 2.57. The van der Waals surface area contributed by atoms with E-state index >= 15 is 0 Å². The third-order valence-corrected chi connectivity index (χ3v) is 6.37. The fourth-order valence-corrected chi connectivity index (χ4v) is 4.89. The number of aryl methyl sites for hydroxylation is 1. The van der Waals surface area contributed by atoms with E-state index in [2.05, 4.69) is 4.90 Å². The molecule has 0 radical (unpaired) electrons. The summed E-state index contributed by atoms with van der Waals surface area (Å²) in [5, 5.41) is 29.7. The topological polar surface area (TPSA) is 105 Å². The Hall–Kier alpha value is -3.18. The van der Waals surface area contributed by atoms with Crippen molar-refractivity contribution in [1.82, 2.24) is 4.90 Å². The molecule has 1 aromatic rings. The summed E-state index contributed by atoms with van der Waals surface area (Å²) in [6, 6.07) is 3.89. The van der Waals surface area contributed by atoms with E-state index in [1.54, 1.807) is 13.0 Å². The molecule has 0 aliphatic carbocycles. The molecule has 2 N–H and O–H groups in total. The van der Waals surface area contributed by atoms with Gasteiger partial charge in [0.05, 0.1) is 5.57 Å². The van der Waals surface area contributed by atoms with Gasteiger partial charge < -0.3 is 15.1 Å². The minimum absolute atomic E-state index is 0.0834. The zero-order chi connectivity index (χ0) is 21.6. The van der Waals surface area contributed by atoms with Crippen molar-refractivity contribution in [3.8, 4) is 11.8 Å². The number of phenols is 1. The average Bonchev–Trinajstić information content (AvgIpc) is 2.72. The number of nitriles is 1. The number of carboxylic acids is 1. The highest BCUT2D eigenvalue weighted by Gasteiger charge is 2.34. The maximum atomic E-state index is 13.0. The number of hydrogen-bond acceptors (Lipinski definition) is 6. The van der Waals surface area contributed by atoms with E-state index < -0.39 is 18.4 Å². The Morgan fingerprint density at radius 3 is 2.70 bits per heavy atom. The quantitative estimate of drug-likeness (QED) is 0.569. The molecule has 0 spiro atoms. The van der Waals surface area contributed by atoms with Crippen molar-refractivity contribution in [2.45, 2.75) is 32.6 Å². The zero-order valence-corrected chi connectivity index (χ0v) is 17.4. The first kappa shape index (κ1) is 20.1. The molecule has 3 aliphatic rings. The van der Waals surface area contributed by atoms with Crippen LogP contribution in [-0.4, -0.2) is 51.6 Å². The molecule has 0 saturated carbocycles. The standard InChI is InChI=1S/C22H21N3O4S/c1-12-16(21(29)25(11-18(26)27)22(30)17(12)10-23)9-14-8-13-4-2-6-24-7-3-5-15(19(13)24)20(14)28/h8-9,28H,2-7,11H2,1H3,(H,26,27)/b16-9-. The number of carbonyl (C=O) groups excluding carboxylic acids is 1. The van der Waals surface area contributed by atoms with Crippen molar-refractivity contribution in [2.75, 3.05) is 24.5 Å². The van der Waals surface area contributed by atoms with Gasteiger partial charge in [-0.1, -0.05) is 12.2 Å². The van der Waals surface area contributed by atoms with Crippen LogP contribution in [0, 0.1) is 11.3 Å². The van der Waals surface area contributed by atoms with Gasteiger partial charge in [0, 0.05) is 35.5 Å². The third-order valence-electron chi connectivity index (χ3n) is 5.94. The molecule has 8 heteroatoms. The highest BCUT2D eigenvalue weighted by Crippen LogP contribution is 2.43. The number of carbonyl (C=O) groups is 2. The Morgan fingerprint density at radius 2 is 2.03 bits per heavy atom. The number of aromatic hydroxyl groups is 1. The van der Waals surface area contributed by atoms with Crippen LogP contribution in [0.1, 0.15) is 36.5 Å². The number of rotatable bonds is 3.